The van der Waals surface area contributed by atoms with Crippen LogP contribution in [0.3, 0.4) is 0 Å². The zero-order valence-corrected chi connectivity index (χ0v) is 9.41. The molecule has 15 heavy (non-hydrogen) atoms. The highest BCUT2D eigenvalue weighted by Crippen LogP contribution is 2.13. The zero-order valence-electron chi connectivity index (χ0n) is 9.41. The van der Waals surface area contributed by atoms with E-state index in [1.54, 1.807) is 0 Å². The van der Waals surface area contributed by atoms with Gasteiger partial charge in [0.2, 0.25) is 0 Å². The van der Waals surface area contributed by atoms with Crippen molar-refractivity contribution < 1.29 is 0 Å². The van der Waals surface area contributed by atoms with Gasteiger partial charge in [0, 0.05) is 6.04 Å². The lowest BCUT2D eigenvalue weighted by Crippen LogP contribution is -2.20. The second-order valence-corrected chi connectivity index (χ2v) is 4.52. The topological polar surface area (TPSA) is 12.0 Å². The molecule has 1 N–H and O–H groups in total. The van der Waals surface area contributed by atoms with Crippen molar-refractivity contribution >= 4 is 0 Å². The highest BCUT2D eigenvalue weighted by Gasteiger charge is 2.12. The summed E-state index contributed by atoms with van der Waals surface area (Å²) in [6, 6.07) is 11.6. The van der Waals surface area contributed by atoms with Crippen LogP contribution < -0.4 is 5.32 Å². The van der Waals surface area contributed by atoms with E-state index in [9.17, 15) is 0 Å². The SMILES string of the molecule is c1ccc(CCCCC2CCCN2)cc1. The molecule has 1 aromatic carbocycles. The van der Waals surface area contributed by atoms with Crippen LogP contribution in [-0.4, -0.2) is 12.6 Å². The summed E-state index contributed by atoms with van der Waals surface area (Å²) in [6.45, 7) is 1.24. The van der Waals surface area contributed by atoms with E-state index >= 15 is 0 Å². The van der Waals surface area contributed by atoms with Gasteiger partial charge >= 0.3 is 0 Å². The van der Waals surface area contributed by atoms with Crippen molar-refractivity contribution in [2.24, 2.45) is 0 Å². The van der Waals surface area contributed by atoms with E-state index in [-0.39, 0.29) is 0 Å². The predicted octanol–water partition coefficient (Wildman–Crippen LogP) is 3.15. The standard InChI is InChI=1S/C14H21N/c1-2-7-13(8-3-1)9-4-5-10-14-11-6-12-15-14/h1-3,7-8,14-15H,4-6,9-12H2. The average molecular weight is 203 g/mol. The molecule has 0 bridgehead atoms. The second-order valence-electron chi connectivity index (χ2n) is 4.52. The maximum atomic E-state index is 3.56. The van der Waals surface area contributed by atoms with E-state index in [0.717, 1.165) is 6.04 Å². The van der Waals surface area contributed by atoms with Gasteiger partial charge in [0.25, 0.3) is 0 Å². The van der Waals surface area contributed by atoms with Crippen LogP contribution in [0.5, 0.6) is 0 Å². The van der Waals surface area contributed by atoms with Crippen LogP contribution >= 0.6 is 0 Å². The van der Waals surface area contributed by atoms with E-state index < -0.39 is 0 Å². The first-order valence-electron chi connectivity index (χ1n) is 6.22. The third-order valence-electron chi connectivity index (χ3n) is 3.27. The Kier molecular flexibility index (Phi) is 4.22. The number of hydrogen-bond acceptors (Lipinski definition) is 1. The van der Waals surface area contributed by atoms with E-state index in [0.29, 0.717) is 0 Å². The molecule has 0 amide bonds. The van der Waals surface area contributed by atoms with E-state index in [4.69, 9.17) is 0 Å². The number of rotatable bonds is 5. The fraction of sp³-hybridized carbons (Fsp3) is 0.571. The maximum Gasteiger partial charge on any atom is 0.00675 e. The third kappa shape index (κ3) is 3.67. The smallest absolute Gasteiger partial charge is 0.00675 e. The Morgan fingerprint density at radius 2 is 2.00 bits per heavy atom. The Morgan fingerprint density at radius 3 is 2.73 bits per heavy atom. The van der Waals surface area contributed by atoms with Crippen molar-refractivity contribution in [2.45, 2.75) is 44.6 Å². The first kappa shape index (κ1) is 10.7. The van der Waals surface area contributed by atoms with Crippen molar-refractivity contribution in [2.75, 3.05) is 6.54 Å². The van der Waals surface area contributed by atoms with Crippen LogP contribution in [-0.2, 0) is 6.42 Å². The summed E-state index contributed by atoms with van der Waals surface area (Å²) in [6.07, 6.45) is 8.09. The second kappa shape index (κ2) is 5.92. The van der Waals surface area contributed by atoms with Crippen molar-refractivity contribution in [1.82, 2.24) is 5.32 Å². The fourth-order valence-electron chi connectivity index (χ4n) is 2.37. The molecule has 1 saturated heterocycles. The van der Waals surface area contributed by atoms with Gasteiger partial charge in [-0.05, 0) is 44.2 Å². The maximum absolute atomic E-state index is 3.56. The number of nitrogens with one attached hydrogen (secondary N) is 1. The highest BCUT2D eigenvalue weighted by molar-refractivity contribution is 5.14. The van der Waals surface area contributed by atoms with Crippen LogP contribution in [0.15, 0.2) is 30.3 Å². The molecule has 1 aliphatic heterocycles. The number of benzene rings is 1. The minimum absolute atomic E-state index is 0.820. The van der Waals surface area contributed by atoms with Crippen molar-refractivity contribution in [3.8, 4) is 0 Å². The molecule has 0 aromatic heterocycles. The van der Waals surface area contributed by atoms with E-state index in [1.165, 1.54) is 50.6 Å². The Labute approximate surface area is 92.9 Å². The van der Waals surface area contributed by atoms with Crippen LogP contribution in [0.2, 0.25) is 0 Å². The Hall–Kier alpha value is -0.820. The minimum atomic E-state index is 0.820. The molecular weight excluding hydrogens is 182 g/mol. The molecule has 0 aliphatic carbocycles. The fourth-order valence-corrected chi connectivity index (χ4v) is 2.37. The molecular formula is C14H21N. The summed E-state index contributed by atoms with van der Waals surface area (Å²) in [5.74, 6) is 0. The van der Waals surface area contributed by atoms with Crippen LogP contribution in [0.1, 0.15) is 37.7 Å². The van der Waals surface area contributed by atoms with Gasteiger partial charge < -0.3 is 5.32 Å². The summed E-state index contributed by atoms with van der Waals surface area (Å²) in [5.41, 5.74) is 1.48. The molecule has 0 saturated carbocycles. The molecule has 1 atom stereocenters. The van der Waals surface area contributed by atoms with Crippen molar-refractivity contribution in [3.63, 3.8) is 0 Å². The first-order chi connectivity index (χ1) is 7.45. The monoisotopic (exact) mass is 203 g/mol. The molecule has 1 heterocycles. The number of aryl methyl sites for hydroxylation is 1. The summed E-state index contributed by atoms with van der Waals surface area (Å²) in [4.78, 5) is 0. The number of hydrogen-bond donors (Lipinski definition) is 1. The number of unbranched alkanes of at least 4 members (excludes halogenated alkanes) is 1. The Balaban J connectivity index is 1.59. The molecule has 0 spiro atoms. The zero-order chi connectivity index (χ0) is 10.3. The summed E-state index contributed by atoms with van der Waals surface area (Å²) < 4.78 is 0. The van der Waals surface area contributed by atoms with Gasteiger partial charge in [-0.15, -0.1) is 0 Å². The lowest BCUT2D eigenvalue weighted by atomic mass is 10.0. The summed E-state index contributed by atoms with van der Waals surface area (Å²) >= 11 is 0. The minimum Gasteiger partial charge on any atom is -0.314 e. The summed E-state index contributed by atoms with van der Waals surface area (Å²) in [7, 11) is 0. The van der Waals surface area contributed by atoms with Gasteiger partial charge in [-0.25, -0.2) is 0 Å². The van der Waals surface area contributed by atoms with Gasteiger partial charge in [0.1, 0.15) is 0 Å². The Bertz CT molecular complexity index is 262. The Morgan fingerprint density at radius 1 is 1.13 bits per heavy atom. The van der Waals surface area contributed by atoms with Gasteiger partial charge in [0.15, 0.2) is 0 Å². The van der Waals surface area contributed by atoms with E-state index in [2.05, 4.69) is 35.6 Å². The molecule has 1 fully saturated rings. The normalized spacial score (nSPS) is 20.7. The quantitative estimate of drug-likeness (QED) is 0.725. The van der Waals surface area contributed by atoms with Gasteiger partial charge in [-0.1, -0.05) is 36.8 Å². The van der Waals surface area contributed by atoms with E-state index in [1.807, 2.05) is 0 Å². The molecule has 1 heteroatoms. The molecule has 1 aromatic rings. The molecule has 1 nitrogen and oxygen atoms in total. The molecule has 0 radical (unpaired) electrons. The van der Waals surface area contributed by atoms with Crippen LogP contribution in [0, 0.1) is 0 Å². The van der Waals surface area contributed by atoms with Crippen molar-refractivity contribution in [3.05, 3.63) is 35.9 Å². The predicted molar refractivity (Wildman–Crippen MR) is 65.0 cm³/mol. The van der Waals surface area contributed by atoms with Gasteiger partial charge in [-0.2, -0.15) is 0 Å². The van der Waals surface area contributed by atoms with Crippen LogP contribution in [0.25, 0.3) is 0 Å². The highest BCUT2D eigenvalue weighted by atomic mass is 14.9. The van der Waals surface area contributed by atoms with Crippen molar-refractivity contribution in [1.29, 1.82) is 0 Å². The molecule has 82 valence electrons. The largest absolute Gasteiger partial charge is 0.314 e. The lowest BCUT2D eigenvalue weighted by molar-refractivity contribution is 0.523. The van der Waals surface area contributed by atoms with Crippen LogP contribution in [0.4, 0.5) is 0 Å². The molecule has 2 rings (SSSR count). The first-order valence-corrected chi connectivity index (χ1v) is 6.22. The molecule has 1 unspecified atom stereocenters. The third-order valence-corrected chi connectivity index (χ3v) is 3.27. The van der Waals surface area contributed by atoms with Gasteiger partial charge in [0.05, 0.1) is 0 Å². The average Bonchev–Trinajstić information content (AvgIpc) is 2.79. The van der Waals surface area contributed by atoms with Gasteiger partial charge in [-0.3, -0.25) is 0 Å². The lowest BCUT2D eigenvalue weighted by Gasteiger charge is -2.09. The molecule has 1 aliphatic rings. The summed E-state index contributed by atoms with van der Waals surface area (Å²) in [5, 5.41) is 3.56.